The van der Waals surface area contributed by atoms with Gasteiger partial charge in [0.25, 0.3) is 0 Å². The molecular weight excluding hydrogens is 366 g/mol. The van der Waals surface area contributed by atoms with E-state index in [0.717, 1.165) is 33.2 Å². The number of carboxylic acid groups (broad SMARTS) is 1. The number of aliphatic carboxylic acids is 1. The number of hydrogen-bond acceptors (Lipinski definition) is 6. The number of ether oxygens (including phenoxy) is 3. The molecule has 1 aliphatic rings. The van der Waals surface area contributed by atoms with Crippen LogP contribution < -0.4 is 13.8 Å². The molecule has 144 valence electrons. The van der Waals surface area contributed by atoms with Gasteiger partial charge >= 0.3 is 5.97 Å². The molecule has 27 heavy (non-hydrogen) atoms. The molecule has 1 atom stereocenters. The molecule has 7 heteroatoms. The predicted molar refractivity (Wildman–Crippen MR) is 105 cm³/mol. The van der Waals surface area contributed by atoms with Gasteiger partial charge in [-0.15, -0.1) is 0 Å². The first kappa shape index (κ1) is 19.4. The maximum absolute atomic E-state index is 10.8. The number of benzene rings is 2. The first-order valence-electron chi connectivity index (χ1n) is 8.63. The van der Waals surface area contributed by atoms with Crippen LogP contribution in [0.1, 0.15) is 11.1 Å². The summed E-state index contributed by atoms with van der Waals surface area (Å²) >= 11 is 1.62. The highest BCUT2D eigenvalue weighted by atomic mass is 32.2. The second-order valence-corrected chi connectivity index (χ2v) is 7.33. The molecule has 0 aromatic heterocycles. The van der Waals surface area contributed by atoms with Crippen molar-refractivity contribution in [3.05, 3.63) is 47.5 Å². The number of anilines is 1. The quantitative estimate of drug-likeness (QED) is 0.724. The molecule has 3 rings (SSSR count). The Bertz CT molecular complexity index is 803. The fraction of sp³-hybridized carbons (Fsp3) is 0.350. The topological polar surface area (TPSA) is 68.2 Å². The number of fused-ring (bicyclic) bond motifs is 1. The van der Waals surface area contributed by atoms with Gasteiger partial charge < -0.3 is 19.3 Å². The van der Waals surface area contributed by atoms with Gasteiger partial charge in [0.2, 0.25) is 0 Å². The molecule has 0 saturated heterocycles. The average Bonchev–Trinajstić information content (AvgIpc) is 2.65. The van der Waals surface area contributed by atoms with Gasteiger partial charge in [-0.1, -0.05) is 12.1 Å². The molecule has 0 bridgehead atoms. The molecular formula is C20H23NO5S. The van der Waals surface area contributed by atoms with Crippen molar-refractivity contribution in [1.82, 2.24) is 0 Å². The van der Waals surface area contributed by atoms with Crippen molar-refractivity contribution < 1.29 is 24.1 Å². The van der Waals surface area contributed by atoms with Gasteiger partial charge in [-0.25, -0.2) is 4.79 Å². The smallest absolute Gasteiger partial charge is 0.329 e. The summed E-state index contributed by atoms with van der Waals surface area (Å²) in [7, 11) is 1.66. The van der Waals surface area contributed by atoms with E-state index in [1.54, 1.807) is 19.1 Å². The molecule has 0 amide bonds. The summed E-state index contributed by atoms with van der Waals surface area (Å²) in [6.07, 6.45) is 0. The highest BCUT2D eigenvalue weighted by Gasteiger charge is 2.29. The second kappa shape index (κ2) is 8.54. The minimum atomic E-state index is -0.979. The van der Waals surface area contributed by atoms with Crippen LogP contribution in [0.25, 0.3) is 0 Å². The van der Waals surface area contributed by atoms with E-state index in [0.29, 0.717) is 6.61 Å². The Morgan fingerprint density at radius 3 is 2.67 bits per heavy atom. The van der Waals surface area contributed by atoms with Crippen molar-refractivity contribution in [2.75, 3.05) is 31.2 Å². The zero-order chi connectivity index (χ0) is 19.4. The fourth-order valence-corrected chi connectivity index (χ4v) is 4.13. The number of aryl methyl sites for hydroxylation is 2. The average molecular weight is 389 g/mol. The number of carbonyl (C=O) groups is 1. The predicted octanol–water partition coefficient (Wildman–Crippen LogP) is 3.69. The fourth-order valence-electron chi connectivity index (χ4n) is 3.00. The second-order valence-electron chi connectivity index (χ2n) is 6.35. The zero-order valence-electron chi connectivity index (χ0n) is 15.6. The number of para-hydroxylation sites is 2. The molecule has 1 N–H and O–H groups in total. The number of carboxylic acids is 1. The van der Waals surface area contributed by atoms with Crippen LogP contribution in [0.5, 0.6) is 11.5 Å². The maximum Gasteiger partial charge on any atom is 0.329 e. The summed E-state index contributed by atoms with van der Waals surface area (Å²) in [4.78, 5) is 11.9. The number of methoxy groups -OCH3 is 1. The van der Waals surface area contributed by atoms with E-state index in [1.807, 2.05) is 36.4 Å². The molecule has 2 aromatic rings. The van der Waals surface area contributed by atoms with Crippen molar-refractivity contribution >= 4 is 23.6 Å². The number of hydrogen-bond donors (Lipinski definition) is 1. The van der Waals surface area contributed by atoms with Gasteiger partial charge in [0, 0.05) is 4.90 Å². The van der Waals surface area contributed by atoms with Crippen LogP contribution in [0.3, 0.4) is 0 Å². The summed E-state index contributed by atoms with van der Waals surface area (Å²) in [5, 5.41) is 8.84. The van der Waals surface area contributed by atoms with E-state index in [9.17, 15) is 4.79 Å². The van der Waals surface area contributed by atoms with Crippen molar-refractivity contribution in [1.29, 1.82) is 0 Å². The number of rotatable bonds is 7. The molecule has 0 saturated carbocycles. The van der Waals surface area contributed by atoms with Crippen molar-refractivity contribution in [3.63, 3.8) is 0 Å². The van der Waals surface area contributed by atoms with Crippen molar-refractivity contribution in [3.8, 4) is 11.5 Å². The molecule has 1 aliphatic heterocycles. The zero-order valence-corrected chi connectivity index (χ0v) is 16.4. The van der Waals surface area contributed by atoms with Gasteiger partial charge in [-0.3, -0.25) is 4.31 Å². The molecule has 0 radical (unpaired) electrons. The van der Waals surface area contributed by atoms with E-state index in [4.69, 9.17) is 19.3 Å². The summed E-state index contributed by atoms with van der Waals surface area (Å²) in [5.74, 6) is 0.662. The third-order valence-corrected chi connectivity index (χ3v) is 5.78. The van der Waals surface area contributed by atoms with Crippen molar-refractivity contribution in [2.24, 2.45) is 0 Å². The SMILES string of the molecule is COc1cc(C)c(SN2c3ccccc3OCC2COCC(=O)O)c(C)c1. The molecule has 0 spiro atoms. The van der Waals surface area contributed by atoms with E-state index in [1.165, 1.54) is 0 Å². The highest BCUT2D eigenvalue weighted by Crippen LogP contribution is 2.42. The summed E-state index contributed by atoms with van der Waals surface area (Å²) < 4.78 is 18.7. The molecule has 1 unspecified atom stereocenters. The Morgan fingerprint density at radius 1 is 1.30 bits per heavy atom. The monoisotopic (exact) mass is 389 g/mol. The number of nitrogens with zero attached hydrogens (tertiary/aromatic N) is 1. The van der Waals surface area contributed by atoms with Crippen molar-refractivity contribution in [2.45, 2.75) is 24.8 Å². The lowest BCUT2D eigenvalue weighted by Crippen LogP contribution is -2.42. The van der Waals surface area contributed by atoms with Crippen LogP contribution >= 0.6 is 11.9 Å². The van der Waals surface area contributed by atoms with E-state index in [-0.39, 0.29) is 19.3 Å². The summed E-state index contributed by atoms with van der Waals surface area (Å²) in [6, 6.07) is 11.8. The Hall–Kier alpha value is -2.38. The largest absolute Gasteiger partial charge is 0.497 e. The standard InChI is InChI=1S/C20H23NO5S/c1-13-8-16(24-3)9-14(2)20(13)27-21-15(10-25-12-19(22)23)11-26-18-7-5-4-6-17(18)21/h4-9,15H,10-12H2,1-3H3,(H,22,23). The van der Waals surface area contributed by atoms with Gasteiger partial charge in [0.15, 0.2) is 0 Å². The van der Waals surface area contributed by atoms with Crippen LogP contribution in [0.15, 0.2) is 41.3 Å². The lowest BCUT2D eigenvalue weighted by molar-refractivity contribution is -0.142. The normalized spacial score (nSPS) is 15.8. The third kappa shape index (κ3) is 4.48. The maximum atomic E-state index is 10.8. The van der Waals surface area contributed by atoms with Crippen LogP contribution in [-0.4, -0.2) is 44.0 Å². The van der Waals surface area contributed by atoms with Gasteiger partial charge in [-0.2, -0.15) is 0 Å². The minimum absolute atomic E-state index is 0.106. The van der Waals surface area contributed by atoms with Gasteiger partial charge in [0.05, 0.1) is 25.4 Å². The highest BCUT2D eigenvalue weighted by molar-refractivity contribution is 8.00. The van der Waals surface area contributed by atoms with E-state index < -0.39 is 5.97 Å². The summed E-state index contributed by atoms with van der Waals surface area (Å²) in [6.45, 7) is 4.48. The molecule has 6 nitrogen and oxygen atoms in total. The Balaban J connectivity index is 1.89. The summed E-state index contributed by atoms with van der Waals surface area (Å²) in [5.41, 5.74) is 3.18. The first-order valence-corrected chi connectivity index (χ1v) is 9.40. The Labute approximate surface area is 163 Å². The molecule has 2 aromatic carbocycles. The van der Waals surface area contributed by atoms with Crippen LogP contribution in [-0.2, 0) is 9.53 Å². The van der Waals surface area contributed by atoms with Gasteiger partial charge in [0.1, 0.15) is 24.7 Å². The molecule has 0 aliphatic carbocycles. The van der Waals surface area contributed by atoms with Gasteiger partial charge in [-0.05, 0) is 61.2 Å². The minimum Gasteiger partial charge on any atom is -0.497 e. The van der Waals surface area contributed by atoms with E-state index in [2.05, 4.69) is 18.2 Å². The third-order valence-electron chi connectivity index (χ3n) is 4.26. The molecule has 1 heterocycles. The molecule has 0 fully saturated rings. The lowest BCUT2D eigenvalue weighted by atomic mass is 10.1. The first-order chi connectivity index (χ1) is 13.0. The van der Waals surface area contributed by atoms with Crippen LogP contribution in [0, 0.1) is 13.8 Å². The Kier molecular flexibility index (Phi) is 6.13. The van der Waals surface area contributed by atoms with E-state index >= 15 is 0 Å². The lowest BCUT2D eigenvalue weighted by Gasteiger charge is -2.37. The van der Waals surface area contributed by atoms with Crippen LogP contribution in [0.2, 0.25) is 0 Å². The Morgan fingerprint density at radius 2 is 2.00 bits per heavy atom. The van der Waals surface area contributed by atoms with Crippen LogP contribution in [0.4, 0.5) is 5.69 Å².